The summed E-state index contributed by atoms with van der Waals surface area (Å²) >= 11 is 0. The molecular weight excluding hydrogens is 521 g/mol. The summed E-state index contributed by atoms with van der Waals surface area (Å²) < 4.78 is 45.5. The molecule has 208 valence electrons. The molecule has 1 N–H and O–H groups in total. The molecule has 0 saturated carbocycles. The van der Waals surface area contributed by atoms with E-state index in [-0.39, 0.29) is 43.4 Å². The van der Waals surface area contributed by atoms with E-state index in [1.807, 2.05) is 36.4 Å². The molecule has 0 aliphatic heterocycles. The van der Waals surface area contributed by atoms with Crippen molar-refractivity contribution in [3.8, 4) is 5.75 Å². The second kappa shape index (κ2) is 13.7. The number of hydrogen-bond donors (Lipinski definition) is 1. The van der Waals surface area contributed by atoms with Gasteiger partial charge in [-0.25, -0.2) is 12.8 Å². The number of benzene rings is 3. The number of amides is 2. The number of carbonyl (C=O) groups is 2. The van der Waals surface area contributed by atoms with Gasteiger partial charge in [0, 0.05) is 33.0 Å². The monoisotopic (exact) mass is 555 g/mol. The average Bonchev–Trinajstić information content (AvgIpc) is 2.93. The van der Waals surface area contributed by atoms with Gasteiger partial charge in [-0.1, -0.05) is 54.6 Å². The molecule has 0 saturated heterocycles. The molecule has 0 fully saturated rings. The lowest BCUT2D eigenvalue weighted by atomic mass is 10.0. The molecule has 1 atom stereocenters. The number of nitrogens with one attached hydrogen (secondary N) is 1. The molecular formula is C29H34FN3O5S. The van der Waals surface area contributed by atoms with Crippen LogP contribution >= 0.6 is 0 Å². The van der Waals surface area contributed by atoms with E-state index in [1.54, 1.807) is 31.4 Å². The van der Waals surface area contributed by atoms with E-state index in [1.165, 1.54) is 30.1 Å². The summed E-state index contributed by atoms with van der Waals surface area (Å²) in [7, 11) is -0.729. The molecule has 0 bridgehead atoms. The van der Waals surface area contributed by atoms with Crippen LogP contribution in [0.3, 0.4) is 0 Å². The van der Waals surface area contributed by atoms with Crippen LogP contribution in [0.15, 0.2) is 78.9 Å². The van der Waals surface area contributed by atoms with Crippen LogP contribution in [0.4, 0.5) is 10.1 Å². The largest absolute Gasteiger partial charge is 0.497 e. The third-order valence-corrected chi connectivity index (χ3v) is 7.46. The second-order valence-electron chi connectivity index (χ2n) is 9.08. The van der Waals surface area contributed by atoms with E-state index >= 15 is 0 Å². The molecule has 3 aromatic carbocycles. The van der Waals surface area contributed by atoms with E-state index in [4.69, 9.17) is 4.74 Å². The van der Waals surface area contributed by atoms with Crippen molar-refractivity contribution in [1.82, 2.24) is 10.2 Å². The topological polar surface area (TPSA) is 96.0 Å². The average molecular weight is 556 g/mol. The number of carbonyl (C=O) groups excluding carboxylic acids is 2. The quantitative estimate of drug-likeness (QED) is 0.347. The maximum atomic E-state index is 14.4. The number of hydrogen-bond acceptors (Lipinski definition) is 5. The Labute approximate surface area is 229 Å². The molecule has 3 rings (SSSR count). The van der Waals surface area contributed by atoms with Crippen LogP contribution in [0.5, 0.6) is 5.75 Å². The Morgan fingerprint density at radius 1 is 0.974 bits per heavy atom. The Kier molecular flexibility index (Phi) is 10.4. The number of nitrogens with zero attached hydrogens (tertiary/aromatic N) is 2. The fourth-order valence-corrected chi connectivity index (χ4v) is 5.29. The number of ether oxygens (including phenoxy) is 1. The van der Waals surface area contributed by atoms with Gasteiger partial charge in [0.05, 0.1) is 19.1 Å². The molecule has 10 heteroatoms. The van der Waals surface area contributed by atoms with Gasteiger partial charge in [-0.2, -0.15) is 0 Å². The van der Waals surface area contributed by atoms with E-state index in [0.717, 1.165) is 21.7 Å². The highest BCUT2D eigenvalue weighted by Gasteiger charge is 2.30. The number of anilines is 1. The van der Waals surface area contributed by atoms with Gasteiger partial charge in [0.25, 0.3) is 0 Å². The maximum Gasteiger partial charge on any atom is 0.242 e. The summed E-state index contributed by atoms with van der Waals surface area (Å²) in [6.45, 7) is 0.0475. The van der Waals surface area contributed by atoms with Crippen molar-refractivity contribution >= 4 is 27.5 Å². The van der Waals surface area contributed by atoms with Crippen LogP contribution in [-0.4, -0.2) is 58.1 Å². The third kappa shape index (κ3) is 8.28. The van der Waals surface area contributed by atoms with Crippen LogP contribution in [0, 0.1) is 5.82 Å². The predicted octanol–water partition coefficient (Wildman–Crippen LogP) is 3.77. The first-order chi connectivity index (χ1) is 18.6. The van der Waals surface area contributed by atoms with Crippen LogP contribution in [-0.2, 0) is 32.6 Å². The lowest BCUT2D eigenvalue weighted by Gasteiger charge is -2.31. The molecule has 39 heavy (non-hydrogen) atoms. The third-order valence-electron chi connectivity index (χ3n) is 6.28. The van der Waals surface area contributed by atoms with E-state index in [0.29, 0.717) is 12.2 Å². The van der Waals surface area contributed by atoms with Crippen LogP contribution in [0.2, 0.25) is 0 Å². The zero-order valence-corrected chi connectivity index (χ0v) is 23.2. The molecule has 0 spiro atoms. The van der Waals surface area contributed by atoms with Crippen LogP contribution in [0.25, 0.3) is 0 Å². The number of likely N-dealkylation sites (N-methyl/N-ethyl adjacent to an activating group) is 1. The lowest BCUT2D eigenvalue weighted by Crippen LogP contribution is -2.49. The van der Waals surface area contributed by atoms with E-state index < -0.39 is 21.9 Å². The van der Waals surface area contributed by atoms with E-state index in [9.17, 15) is 22.4 Å². The van der Waals surface area contributed by atoms with Gasteiger partial charge in [0.2, 0.25) is 21.8 Å². The van der Waals surface area contributed by atoms with Crippen molar-refractivity contribution < 1.29 is 27.1 Å². The molecule has 0 aromatic heterocycles. The van der Waals surface area contributed by atoms with E-state index in [2.05, 4.69) is 5.32 Å². The van der Waals surface area contributed by atoms with Gasteiger partial charge < -0.3 is 15.0 Å². The molecule has 3 aromatic rings. The summed E-state index contributed by atoms with van der Waals surface area (Å²) in [6.07, 6.45) is 1.37. The highest BCUT2D eigenvalue weighted by Crippen LogP contribution is 2.23. The molecule has 8 nitrogen and oxygen atoms in total. The van der Waals surface area contributed by atoms with Gasteiger partial charge in [0.15, 0.2) is 0 Å². The highest BCUT2D eigenvalue weighted by atomic mass is 32.2. The zero-order valence-electron chi connectivity index (χ0n) is 22.3. The maximum absolute atomic E-state index is 14.4. The SMILES string of the molecule is CNC(=O)C(Cc1ccccc1)N(Cc1cccc(OC)c1)C(=O)CCCN(c1ccccc1F)S(C)(=O)=O. The smallest absolute Gasteiger partial charge is 0.242 e. The van der Waals surface area contributed by atoms with Crippen LogP contribution < -0.4 is 14.4 Å². The lowest BCUT2D eigenvalue weighted by molar-refractivity contribution is -0.141. The van der Waals surface area contributed by atoms with Gasteiger partial charge >= 0.3 is 0 Å². The molecule has 1 unspecified atom stereocenters. The number of rotatable bonds is 13. The Balaban J connectivity index is 1.87. The standard InChI is InChI=1S/C29H34FN3O5S/c1-31-29(35)27(20-22-11-5-4-6-12-22)32(21-23-13-9-14-24(19-23)38-2)28(34)17-10-18-33(39(3,36)37)26-16-8-7-15-25(26)30/h4-9,11-16,19,27H,10,17-18,20-21H2,1-3H3,(H,31,35). The first-order valence-corrected chi connectivity index (χ1v) is 14.4. The Morgan fingerprint density at radius 3 is 2.28 bits per heavy atom. The molecule has 0 aliphatic carbocycles. The fraction of sp³-hybridized carbons (Fsp3) is 0.310. The minimum Gasteiger partial charge on any atom is -0.497 e. The zero-order chi connectivity index (χ0) is 28.4. The number of halogens is 1. The van der Waals surface area contributed by atoms with Crippen molar-refractivity contribution in [3.05, 3.63) is 95.8 Å². The first kappa shape index (κ1) is 29.6. The number of para-hydroxylation sites is 1. The molecule has 0 aliphatic rings. The van der Waals surface area contributed by atoms with Crippen molar-refractivity contribution in [2.75, 3.05) is 31.3 Å². The van der Waals surface area contributed by atoms with Gasteiger partial charge in [-0.15, -0.1) is 0 Å². The van der Waals surface area contributed by atoms with Crippen molar-refractivity contribution in [2.24, 2.45) is 0 Å². The Morgan fingerprint density at radius 2 is 1.64 bits per heavy atom. The summed E-state index contributed by atoms with van der Waals surface area (Å²) in [5.41, 5.74) is 1.58. The highest BCUT2D eigenvalue weighted by molar-refractivity contribution is 7.92. The summed E-state index contributed by atoms with van der Waals surface area (Å²) in [4.78, 5) is 28.2. The summed E-state index contributed by atoms with van der Waals surface area (Å²) in [6, 6.07) is 21.4. The Bertz CT molecular complexity index is 1370. The predicted molar refractivity (Wildman–Crippen MR) is 149 cm³/mol. The van der Waals surface area contributed by atoms with Crippen molar-refractivity contribution in [2.45, 2.75) is 31.8 Å². The van der Waals surface area contributed by atoms with Gasteiger partial charge in [-0.05, 0) is 41.8 Å². The normalized spacial score (nSPS) is 11.9. The van der Waals surface area contributed by atoms with Crippen molar-refractivity contribution in [1.29, 1.82) is 0 Å². The molecule has 0 heterocycles. The number of methoxy groups -OCH3 is 1. The molecule has 0 radical (unpaired) electrons. The summed E-state index contributed by atoms with van der Waals surface area (Å²) in [5.74, 6) is -0.701. The number of sulfonamides is 1. The first-order valence-electron chi connectivity index (χ1n) is 12.5. The minimum absolute atomic E-state index is 0.0489. The minimum atomic E-state index is -3.80. The van der Waals surface area contributed by atoms with Crippen molar-refractivity contribution in [3.63, 3.8) is 0 Å². The molecule has 2 amide bonds. The fourth-order valence-electron chi connectivity index (χ4n) is 4.32. The van der Waals surface area contributed by atoms with Gasteiger partial charge in [0.1, 0.15) is 17.6 Å². The second-order valence-corrected chi connectivity index (χ2v) is 11.0. The summed E-state index contributed by atoms with van der Waals surface area (Å²) in [5, 5.41) is 2.66. The Hall–Kier alpha value is -3.92. The van der Waals surface area contributed by atoms with Crippen LogP contribution in [0.1, 0.15) is 24.0 Å². The van der Waals surface area contributed by atoms with Gasteiger partial charge in [-0.3, -0.25) is 13.9 Å².